The van der Waals surface area contributed by atoms with Crippen LogP contribution in [0, 0.1) is 5.41 Å². The lowest BCUT2D eigenvalue weighted by Crippen LogP contribution is -2.52. The van der Waals surface area contributed by atoms with Crippen LogP contribution in [0.3, 0.4) is 0 Å². The van der Waals surface area contributed by atoms with Crippen molar-refractivity contribution >= 4 is 11.9 Å². The van der Waals surface area contributed by atoms with Gasteiger partial charge < -0.3 is 10.4 Å². The topological polar surface area (TPSA) is 66.4 Å². The number of carboxylic acids is 1. The molecular formula is C10H15NO3. The predicted molar refractivity (Wildman–Crippen MR) is 51.7 cm³/mol. The minimum absolute atomic E-state index is 0.181. The van der Waals surface area contributed by atoms with E-state index in [0.29, 0.717) is 12.8 Å². The third kappa shape index (κ3) is 1.64. The van der Waals surface area contributed by atoms with Crippen molar-refractivity contribution in [1.29, 1.82) is 0 Å². The molecule has 1 unspecified atom stereocenters. The van der Waals surface area contributed by atoms with E-state index in [2.05, 4.69) is 11.9 Å². The zero-order valence-corrected chi connectivity index (χ0v) is 8.25. The zero-order valence-electron chi connectivity index (χ0n) is 8.25. The fourth-order valence-electron chi connectivity index (χ4n) is 1.47. The fourth-order valence-corrected chi connectivity index (χ4v) is 1.47. The molecule has 0 spiro atoms. The van der Waals surface area contributed by atoms with E-state index in [1.165, 1.54) is 0 Å². The largest absolute Gasteiger partial charge is 0.480 e. The molecule has 2 N–H and O–H groups in total. The van der Waals surface area contributed by atoms with E-state index in [4.69, 9.17) is 5.11 Å². The number of aliphatic carboxylic acids is 1. The first-order valence-electron chi connectivity index (χ1n) is 4.70. The second-order valence-corrected chi connectivity index (χ2v) is 3.74. The minimum Gasteiger partial charge on any atom is -0.480 e. The van der Waals surface area contributed by atoms with Gasteiger partial charge in [-0.3, -0.25) is 9.59 Å². The molecule has 1 rings (SSSR count). The van der Waals surface area contributed by atoms with Gasteiger partial charge in [-0.15, -0.1) is 6.58 Å². The number of carboxylic acid groups (broad SMARTS) is 1. The van der Waals surface area contributed by atoms with E-state index in [-0.39, 0.29) is 11.9 Å². The van der Waals surface area contributed by atoms with E-state index < -0.39 is 11.4 Å². The maximum Gasteiger partial charge on any atom is 0.319 e. The summed E-state index contributed by atoms with van der Waals surface area (Å²) in [5, 5.41) is 11.6. The van der Waals surface area contributed by atoms with Gasteiger partial charge in [0.25, 0.3) is 0 Å². The summed E-state index contributed by atoms with van der Waals surface area (Å²) in [4.78, 5) is 22.5. The van der Waals surface area contributed by atoms with Crippen LogP contribution in [0.1, 0.15) is 26.2 Å². The van der Waals surface area contributed by atoms with Crippen molar-refractivity contribution in [3.63, 3.8) is 0 Å². The molecule has 1 atom stereocenters. The maximum atomic E-state index is 11.6. The highest BCUT2D eigenvalue weighted by atomic mass is 16.4. The number of rotatable bonds is 4. The smallest absolute Gasteiger partial charge is 0.319 e. The van der Waals surface area contributed by atoms with Crippen molar-refractivity contribution in [1.82, 2.24) is 5.32 Å². The second kappa shape index (κ2) is 3.82. The Bertz CT molecular complexity index is 269. The second-order valence-electron chi connectivity index (χ2n) is 3.74. The Hall–Kier alpha value is -1.32. The Morgan fingerprint density at radius 3 is 2.43 bits per heavy atom. The molecule has 78 valence electrons. The molecule has 0 heterocycles. The van der Waals surface area contributed by atoms with E-state index in [1.807, 2.05) is 0 Å². The molecule has 4 nitrogen and oxygen atoms in total. The van der Waals surface area contributed by atoms with Crippen LogP contribution >= 0.6 is 0 Å². The Morgan fingerprint density at radius 2 is 2.14 bits per heavy atom. The predicted octanol–water partition coefficient (Wildman–Crippen LogP) is 0.932. The summed E-state index contributed by atoms with van der Waals surface area (Å²) in [6.07, 6.45) is 3.27. The molecule has 4 heteroatoms. The summed E-state index contributed by atoms with van der Waals surface area (Å²) < 4.78 is 0. The Kier molecular flexibility index (Phi) is 2.93. The zero-order chi connectivity index (χ0) is 10.8. The number of carbonyl (C=O) groups excluding carboxylic acids is 1. The Balaban J connectivity index is 2.66. The highest BCUT2D eigenvalue weighted by Crippen LogP contribution is 2.41. The van der Waals surface area contributed by atoms with Crippen LogP contribution < -0.4 is 5.32 Å². The summed E-state index contributed by atoms with van der Waals surface area (Å²) in [7, 11) is 0. The van der Waals surface area contributed by atoms with E-state index in [9.17, 15) is 9.59 Å². The van der Waals surface area contributed by atoms with Crippen LogP contribution in [-0.4, -0.2) is 23.0 Å². The molecule has 1 aliphatic carbocycles. The quantitative estimate of drug-likeness (QED) is 0.520. The van der Waals surface area contributed by atoms with Gasteiger partial charge in [0.15, 0.2) is 0 Å². The molecule has 0 bridgehead atoms. The van der Waals surface area contributed by atoms with Gasteiger partial charge in [-0.2, -0.15) is 0 Å². The third-order valence-electron chi connectivity index (χ3n) is 2.76. The normalized spacial score (nSPS) is 20.4. The SMILES string of the molecule is C=CC(C)NC(=O)C1(C(=O)O)CCC1. The van der Waals surface area contributed by atoms with Crippen molar-refractivity contribution < 1.29 is 14.7 Å². The number of hydrogen-bond acceptors (Lipinski definition) is 2. The molecule has 1 amide bonds. The highest BCUT2D eigenvalue weighted by molar-refractivity contribution is 6.02. The standard InChI is InChI=1S/C10H15NO3/c1-3-7(2)11-8(12)10(9(13)14)5-4-6-10/h3,7H,1,4-6H2,2H3,(H,11,12)(H,13,14). The maximum absolute atomic E-state index is 11.6. The number of amides is 1. The van der Waals surface area contributed by atoms with Crippen molar-refractivity contribution in [2.75, 3.05) is 0 Å². The minimum atomic E-state index is -1.17. The first-order valence-corrected chi connectivity index (χ1v) is 4.70. The average Bonchev–Trinajstić information content (AvgIpc) is 2.00. The summed E-state index contributed by atoms with van der Waals surface area (Å²) in [5.74, 6) is -1.40. The molecule has 14 heavy (non-hydrogen) atoms. The fraction of sp³-hybridized carbons (Fsp3) is 0.600. The van der Waals surface area contributed by atoms with E-state index in [0.717, 1.165) is 6.42 Å². The van der Waals surface area contributed by atoms with Crippen molar-refractivity contribution in [3.8, 4) is 0 Å². The van der Waals surface area contributed by atoms with Crippen LogP contribution in [0.25, 0.3) is 0 Å². The molecule has 1 fully saturated rings. The Labute approximate surface area is 83.0 Å². The van der Waals surface area contributed by atoms with Gasteiger partial charge in [0, 0.05) is 6.04 Å². The number of nitrogens with one attached hydrogen (secondary N) is 1. The molecule has 1 aliphatic rings. The van der Waals surface area contributed by atoms with E-state index >= 15 is 0 Å². The lowest BCUT2D eigenvalue weighted by Gasteiger charge is -2.36. The van der Waals surface area contributed by atoms with Crippen molar-refractivity contribution in [2.24, 2.45) is 5.41 Å². The highest BCUT2D eigenvalue weighted by Gasteiger charge is 2.51. The average molecular weight is 197 g/mol. The summed E-state index contributed by atoms with van der Waals surface area (Å²) >= 11 is 0. The monoisotopic (exact) mass is 197 g/mol. The van der Waals surface area contributed by atoms with Gasteiger partial charge in [0.2, 0.25) is 5.91 Å². The van der Waals surface area contributed by atoms with Gasteiger partial charge in [-0.1, -0.05) is 12.5 Å². The summed E-state index contributed by atoms with van der Waals surface area (Å²) in [6.45, 7) is 5.29. The molecule has 0 aliphatic heterocycles. The van der Waals surface area contributed by atoms with Gasteiger partial charge >= 0.3 is 5.97 Å². The van der Waals surface area contributed by atoms with Crippen LogP contribution in [0.2, 0.25) is 0 Å². The summed E-state index contributed by atoms with van der Waals surface area (Å²) in [5.41, 5.74) is -1.17. The van der Waals surface area contributed by atoms with Gasteiger partial charge in [-0.05, 0) is 19.8 Å². The molecule has 1 saturated carbocycles. The van der Waals surface area contributed by atoms with Crippen molar-refractivity contribution in [3.05, 3.63) is 12.7 Å². The molecule has 0 saturated heterocycles. The summed E-state index contributed by atoms with van der Waals surface area (Å²) in [6, 6.07) is -0.181. The number of hydrogen-bond donors (Lipinski definition) is 2. The molecule has 0 aromatic rings. The molecule has 0 aromatic heterocycles. The third-order valence-corrected chi connectivity index (χ3v) is 2.76. The van der Waals surface area contributed by atoms with Gasteiger partial charge in [0.1, 0.15) is 5.41 Å². The number of carbonyl (C=O) groups is 2. The first-order chi connectivity index (χ1) is 6.53. The van der Waals surface area contributed by atoms with Crippen LogP contribution in [0.15, 0.2) is 12.7 Å². The lowest BCUT2D eigenvalue weighted by molar-refractivity contribution is -0.162. The van der Waals surface area contributed by atoms with Crippen LogP contribution in [0.5, 0.6) is 0 Å². The Morgan fingerprint density at radius 1 is 1.57 bits per heavy atom. The van der Waals surface area contributed by atoms with Crippen LogP contribution in [0.4, 0.5) is 0 Å². The van der Waals surface area contributed by atoms with E-state index in [1.54, 1.807) is 13.0 Å². The van der Waals surface area contributed by atoms with Crippen LogP contribution in [-0.2, 0) is 9.59 Å². The van der Waals surface area contributed by atoms with Gasteiger partial charge in [-0.25, -0.2) is 0 Å². The molecule has 0 radical (unpaired) electrons. The van der Waals surface area contributed by atoms with Gasteiger partial charge in [0.05, 0.1) is 0 Å². The lowest BCUT2D eigenvalue weighted by atomic mass is 9.68. The first kappa shape index (κ1) is 10.8. The molecule has 0 aromatic carbocycles. The molecular weight excluding hydrogens is 182 g/mol. The van der Waals surface area contributed by atoms with Crippen molar-refractivity contribution in [2.45, 2.75) is 32.2 Å².